The molecule has 0 amide bonds. The number of hydrogen-bond acceptors (Lipinski definition) is 4. The fourth-order valence-corrected chi connectivity index (χ4v) is 1.93. The average molecular weight is 267 g/mol. The van der Waals surface area contributed by atoms with Crippen LogP contribution in [0.15, 0.2) is 35.3 Å². The summed E-state index contributed by atoms with van der Waals surface area (Å²) in [6, 6.07) is 11.8. The first-order valence-electron chi connectivity index (χ1n) is 6.23. The highest BCUT2D eigenvalue weighted by atomic mass is 15.1. The molecular formula is C15H17N5. The van der Waals surface area contributed by atoms with Gasteiger partial charge >= 0.3 is 0 Å². The van der Waals surface area contributed by atoms with E-state index in [1.807, 2.05) is 38.2 Å². The molecule has 0 saturated heterocycles. The lowest BCUT2D eigenvalue weighted by atomic mass is 10.2. The van der Waals surface area contributed by atoms with E-state index in [4.69, 9.17) is 5.73 Å². The molecule has 1 heterocycles. The summed E-state index contributed by atoms with van der Waals surface area (Å²) in [5.74, 6) is 1.18. The summed E-state index contributed by atoms with van der Waals surface area (Å²) in [6.07, 6.45) is 0. The first kappa shape index (κ1) is 13.7. The number of nitrogens with two attached hydrogens (primary N) is 1. The second-order valence-electron chi connectivity index (χ2n) is 4.56. The molecule has 0 unspecified atom stereocenters. The summed E-state index contributed by atoms with van der Waals surface area (Å²) in [7, 11) is 3.46. The monoisotopic (exact) mass is 267 g/mol. The highest BCUT2D eigenvalue weighted by molar-refractivity contribution is 5.65. The minimum atomic E-state index is 0.477. The molecule has 5 heteroatoms. The molecule has 0 bridgehead atoms. The van der Waals surface area contributed by atoms with Crippen molar-refractivity contribution in [1.29, 1.82) is 5.26 Å². The number of nitrogens with one attached hydrogen (secondary N) is 1. The predicted octanol–water partition coefficient (Wildman–Crippen LogP) is 2.06. The van der Waals surface area contributed by atoms with Gasteiger partial charge in [0.1, 0.15) is 23.3 Å². The summed E-state index contributed by atoms with van der Waals surface area (Å²) in [6.45, 7) is 2.03. The summed E-state index contributed by atoms with van der Waals surface area (Å²) in [4.78, 5) is 4.10. The molecule has 0 aliphatic carbocycles. The van der Waals surface area contributed by atoms with Gasteiger partial charge in [-0.05, 0) is 19.1 Å². The highest BCUT2D eigenvalue weighted by Crippen LogP contribution is 2.20. The van der Waals surface area contributed by atoms with Gasteiger partial charge in [0, 0.05) is 25.8 Å². The standard InChI is InChI=1S/C15H17N5/c1-10-4-6-11(7-5-10)19-15-12(9-16)13(18-2)8-14(17)20(15)3/h4-8,19H,17H2,1-3H3. The number of anilines is 3. The lowest BCUT2D eigenvalue weighted by Crippen LogP contribution is -2.18. The van der Waals surface area contributed by atoms with E-state index in [-0.39, 0.29) is 0 Å². The third kappa shape index (κ3) is 2.50. The van der Waals surface area contributed by atoms with E-state index in [1.54, 1.807) is 17.7 Å². The summed E-state index contributed by atoms with van der Waals surface area (Å²) in [5.41, 5.74) is 8.51. The van der Waals surface area contributed by atoms with Crippen LogP contribution in [0.5, 0.6) is 0 Å². The fraction of sp³-hybridized carbons (Fsp3) is 0.200. The molecule has 1 aromatic heterocycles. The van der Waals surface area contributed by atoms with Crippen molar-refractivity contribution in [1.82, 2.24) is 4.57 Å². The van der Waals surface area contributed by atoms with Crippen LogP contribution < -0.4 is 16.4 Å². The van der Waals surface area contributed by atoms with E-state index in [2.05, 4.69) is 16.4 Å². The van der Waals surface area contributed by atoms with Gasteiger partial charge in [0.05, 0.1) is 5.36 Å². The molecular weight excluding hydrogens is 250 g/mol. The van der Waals surface area contributed by atoms with Crippen LogP contribution in [0.25, 0.3) is 0 Å². The smallest absolute Gasteiger partial charge is 0.132 e. The van der Waals surface area contributed by atoms with Gasteiger partial charge in [-0.15, -0.1) is 0 Å². The third-order valence-electron chi connectivity index (χ3n) is 3.17. The van der Waals surface area contributed by atoms with Crippen LogP contribution in [-0.2, 0) is 7.05 Å². The molecule has 0 aliphatic rings. The number of aryl methyl sites for hydroxylation is 1. The predicted molar refractivity (Wildman–Crippen MR) is 80.5 cm³/mol. The third-order valence-corrected chi connectivity index (χ3v) is 3.17. The Bertz CT molecular complexity index is 733. The fourth-order valence-electron chi connectivity index (χ4n) is 1.93. The zero-order valence-electron chi connectivity index (χ0n) is 11.8. The Morgan fingerprint density at radius 2 is 1.95 bits per heavy atom. The van der Waals surface area contributed by atoms with Crippen molar-refractivity contribution in [3.05, 3.63) is 46.8 Å². The summed E-state index contributed by atoms with van der Waals surface area (Å²) >= 11 is 0. The van der Waals surface area contributed by atoms with Crippen LogP contribution >= 0.6 is 0 Å². The van der Waals surface area contributed by atoms with Gasteiger partial charge in [-0.3, -0.25) is 4.99 Å². The number of nitriles is 1. The van der Waals surface area contributed by atoms with Gasteiger partial charge in [0.2, 0.25) is 0 Å². The minimum absolute atomic E-state index is 0.477. The topological polar surface area (TPSA) is 79.1 Å². The number of benzene rings is 1. The van der Waals surface area contributed by atoms with Crippen molar-refractivity contribution >= 4 is 17.3 Å². The highest BCUT2D eigenvalue weighted by Gasteiger charge is 2.10. The molecule has 102 valence electrons. The molecule has 0 fully saturated rings. The van der Waals surface area contributed by atoms with Gasteiger partial charge in [0.15, 0.2) is 0 Å². The second kappa shape index (κ2) is 5.49. The van der Waals surface area contributed by atoms with Crippen molar-refractivity contribution in [2.45, 2.75) is 6.92 Å². The maximum atomic E-state index is 9.36. The van der Waals surface area contributed by atoms with E-state index in [0.717, 1.165) is 5.69 Å². The molecule has 5 nitrogen and oxygen atoms in total. The Hall–Kier alpha value is -2.74. The number of hydrogen-bond donors (Lipinski definition) is 2. The van der Waals surface area contributed by atoms with Gasteiger partial charge < -0.3 is 15.6 Å². The van der Waals surface area contributed by atoms with Gasteiger partial charge in [-0.1, -0.05) is 17.7 Å². The van der Waals surface area contributed by atoms with Gasteiger partial charge in [-0.2, -0.15) is 5.26 Å². The van der Waals surface area contributed by atoms with E-state index >= 15 is 0 Å². The first-order valence-corrected chi connectivity index (χ1v) is 6.23. The zero-order chi connectivity index (χ0) is 14.7. The molecule has 20 heavy (non-hydrogen) atoms. The van der Waals surface area contributed by atoms with Crippen molar-refractivity contribution in [2.24, 2.45) is 12.0 Å². The molecule has 0 radical (unpaired) electrons. The van der Waals surface area contributed by atoms with E-state index in [0.29, 0.717) is 22.6 Å². The van der Waals surface area contributed by atoms with Crippen molar-refractivity contribution in [3.8, 4) is 6.07 Å². The zero-order valence-corrected chi connectivity index (χ0v) is 11.8. The molecule has 0 atom stereocenters. The number of nitrogen functional groups attached to an aromatic ring is 1. The van der Waals surface area contributed by atoms with E-state index in [9.17, 15) is 5.26 Å². The van der Waals surface area contributed by atoms with E-state index in [1.165, 1.54) is 5.56 Å². The Morgan fingerprint density at radius 1 is 1.30 bits per heavy atom. The molecule has 2 aromatic rings. The van der Waals surface area contributed by atoms with Crippen molar-refractivity contribution < 1.29 is 0 Å². The average Bonchev–Trinajstić information content (AvgIpc) is 2.45. The van der Waals surface area contributed by atoms with Crippen LogP contribution in [0.3, 0.4) is 0 Å². The quantitative estimate of drug-likeness (QED) is 0.874. The molecule has 0 saturated carbocycles. The van der Waals surface area contributed by atoms with Crippen LogP contribution in [0.4, 0.5) is 17.3 Å². The SMILES string of the molecule is CN=c1cc(N)n(C)c(Nc2ccc(C)cc2)c1C#N. The molecule has 0 spiro atoms. The molecule has 3 N–H and O–H groups in total. The van der Waals surface area contributed by atoms with E-state index < -0.39 is 0 Å². The Kier molecular flexibility index (Phi) is 3.76. The Morgan fingerprint density at radius 3 is 2.50 bits per heavy atom. The molecule has 1 aromatic carbocycles. The maximum Gasteiger partial charge on any atom is 0.132 e. The van der Waals surface area contributed by atoms with Crippen molar-refractivity contribution in [2.75, 3.05) is 18.1 Å². The summed E-state index contributed by atoms with van der Waals surface area (Å²) < 4.78 is 1.74. The lowest BCUT2D eigenvalue weighted by molar-refractivity contribution is 0.916. The van der Waals surface area contributed by atoms with Crippen LogP contribution in [0.2, 0.25) is 0 Å². The lowest BCUT2D eigenvalue weighted by Gasteiger charge is -2.16. The number of aromatic nitrogens is 1. The Balaban J connectivity index is 2.59. The Labute approximate surface area is 118 Å². The first-order chi connectivity index (χ1) is 9.56. The van der Waals surface area contributed by atoms with Crippen LogP contribution in [-0.4, -0.2) is 11.6 Å². The van der Waals surface area contributed by atoms with Gasteiger partial charge in [-0.25, -0.2) is 0 Å². The number of nitrogens with zero attached hydrogens (tertiary/aromatic N) is 3. The summed E-state index contributed by atoms with van der Waals surface area (Å²) in [5, 5.41) is 13.2. The maximum absolute atomic E-state index is 9.36. The largest absolute Gasteiger partial charge is 0.385 e. The molecule has 0 aliphatic heterocycles. The van der Waals surface area contributed by atoms with Crippen LogP contribution in [0.1, 0.15) is 11.1 Å². The van der Waals surface area contributed by atoms with Gasteiger partial charge in [0.25, 0.3) is 0 Å². The second-order valence-corrected chi connectivity index (χ2v) is 4.56. The van der Waals surface area contributed by atoms with Crippen molar-refractivity contribution in [3.63, 3.8) is 0 Å². The molecule has 2 rings (SSSR count). The van der Waals surface area contributed by atoms with Crippen LogP contribution in [0, 0.1) is 18.3 Å². The number of pyridine rings is 1. The minimum Gasteiger partial charge on any atom is -0.385 e. The number of rotatable bonds is 2. The normalized spacial score (nSPS) is 11.2.